The molecule has 0 aromatic heterocycles. The van der Waals surface area contributed by atoms with E-state index in [1.807, 2.05) is 6.92 Å². The van der Waals surface area contributed by atoms with E-state index in [-0.39, 0.29) is 16.7 Å². The fourth-order valence-corrected chi connectivity index (χ4v) is 4.54. The highest BCUT2D eigenvalue weighted by Crippen LogP contribution is 2.47. The van der Waals surface area contributed by atoms with Crippen LogP contribution in [0.2, 0.25) is 10.0 Å². The Bertz CT molecular complexity index is 625. The molecule has 1 N–H and O–H groups in total. The number of halogens is 2. The van der Waals surface area contributed by atoms with Crippen LogP contribution >= 0.6 is 35.0 Å². The molecule has 0 radical (unpaired) electrons. The first-order chi connectivity index (χ1) is 9.90. The van der Waals surface area contributed by atoms with Crippen molar-refractivity contribution in [1.82, 2.24) is 4.90 Å². The Morgan fingerprint density at radius 1 is 1.43 bits per heavy atom. The lowest BCUT2D eigenvalue weighted by Gasteiger charge is -2.29. The highest BCUT2D eigenvalue weighted by molar-refractivity contribution is 8.01. The summed E-state index contributed by atoms with van der Waals surface area (Å²) in [6.45, 7) is 2.02. The van der Waals surface area contributed by atoms with Gasteiger partial charge < -0.3 is 10.2 Å². The van der Waals surface area contributed by atoms with Crippen LogP contribution in [-0.4, -0.2) is 33.4 Å². The Kier molecular flexibility index (Phi) is 3.84. The van der Waals surface area contributed by atoms with Crippen molar-refractivity contribution in [2.75, 3.05) is 11.1 Å². The molecule has 7 heteroatoms. The van der Waals surface area contributed by atoms with Gasteiger partial charge in [0.15, 0.2) is 0 Å². The predicted molar refractivity (Wildman–Crippen MR) is 85.8 cm³/mol. The van der Waals surface area contributed by atoms with Crippen molar-refractivity contribution in [3.05, 3.63) is 28.2 Å². The average molecular weight is 345 g/mol. The van der Waals surface area contributed by atoms with E-state index in [1.54, 1.807) is 34.9 Å². The Balaban J connectivity index is 1.77. The number of anilines is 1. The SMILES string of the molecule is C[C@@]12CCC(=O)N1[C@@H](C(=O)Nc1ccc(Cl)c(Cl)c1)CS2. The summed E-state index contributed by atoms with van der Waals surface area (Å²) in [5.41, 5.74) is 0.583. The molecule has 2 heterocycles. The number of nitrogens with one attached hydrogen (secondary N) is 1. The molecule has 2 aliphatic rings. The second kappa shape index (κ2) is 5.38. The Morgan fingerprint density at radius 3 is 2.90 bits per heavy atom. The molecule has 2 saturated heterocycles. The fourth-order valence-electron chi connectivity index (χ4n) is 2.81. The third-order valence-electron chi connectivity index (χ3n) is 3.93. The molecule has 1 aromatic rings. The van der Waals surface area contributed by atoms with Gasteiger partial charge in [-0.15, -0.1) is 11.8 Å². The molecule has 4 nitrogen and oxygen atoms in total. The van der Waals surface area contributed by atoms with Gasteiger partial charge in [0.05, 0.1) is 14.9 Å². The van der Waals surface area contributed by atoms with Gasteiger partial charge in [-0.1, -0.05) is 23.2 Å². The van der Waals surface area contributed by atoms with Crippen LogP contribution in [0, 0.1) is 0 Å². The number of carbonyl (C=O) groups is 2. The molecule has 2 atom stereocenters. The molecule has 3 rings (SSSR count). The van der Waals surface area contributed by atoms with Gasteiger partial charge in [0.1, 0.15) is 6.04 Å². The fraction of sp³-hybridized carbons (Fsp3) is 0.429. The minimum absolute atomic E-state index is 0.0526. The lowest BCUT2D eigenvalue weighted by atomic mass is 10.2. The third-order valence-corrected chi connectivity index (χ3v) is 6.18. The summed E-state index contributed by atoms with van der Waals surface area (Å²) in [7, 11) is 0. The second-order valence-corrected chi connectivity index (χ2v) is 7.70. The number of benzene rings is 1. The number of fused-ring (bicyclic) bond motifs is 1. The molecule has 0 saturated carbocycles. The molecule has 1 aromatic carbocycles. The van der Waals surface area contributed by atoms with Gasteiger partial charge in [0, 0.05) is 17.9 Å². The van der Waals surface area contributed by atoms with Gasteiger partial charge in [-0.05, 0) is 31.5 Å². The minimum Gasteiger partial charge on any atom is -0.324 e. The Morgan fingerprint density at radius 2 is 2.19 bits per heavy atom. The standard InChI is InChI=1S/C14H14Cl2N2O2S/c1-14-5-4-12(19)18(14)11(7-21-14)13(20)17-8-2-3-9(15)10(16)6-8/h2-3,6,11H,4-5,7H2,1H3,(H,17,20)/t11-,14-/m1/s1. The van der Waals surface area contributed by atoms with Crippen LogP contribution in [0.1, 0.15) is 19.8 Å². The average Bonchev–Trinajstić information content (AvgIpc) is 2.91. The molecule has 2 amide bonds. The van der Waals surface area contributed by atoms with Crippen molar-refractivity contribution in [2.45, 2.75) is 30.7 Å². The van der Waals surface area contributed by atoms with Crippen molar-refractivity contribution in [3.8, 4) is 0 Å². The maximum Gasteiger partial charge on any atom is 0.248 e. The van der Waals surface area contributed by atoms with Crippen molar-refractivity contribution in [3.63, 3.8) is 0 Å². The molecule has 0 bridgehead atoms. The van der Waals surface area contributed by atoms with E-state index in [0.29, 0.717) is 27.9 Å². The lowest BCUT2D eigenvalue weighted by Crippen LogP contribution is -2.48. The van der Waals surface area contributed by atoms with E-state index >= 15 is 0 Å². The van der Waals surface area contributed by atoms with Crippen LogP contribution < -0.4 is 5.32 Å². The predicted octanol–water partition coefficient (Wildman–Crippen LogP) is 3.39. The summed E-state index contributed by atoms with van der Waals surface area (Å²) in [5, 5.41) is 3.64. The minimum atomic E-state index is -0.426. The number of amides is 2. The van der Waals surface area contributed by atoms with Crippen LogP contribution in [0.5, 0.6) is 0 Å². The highest BCUT2D eigenvalue weighted by Gasteiger charge is 2.52. The van der Waals surface area contributed by atoms with Crippen LogP contribution in [0.3, 0.4) is 0 Å². The number of hydrogen-bond acceptors (Lipinski definition) is 3. The van der Waals surface area contributed by atoms with Gasteiger partial charge in [-0.25, -0.2) is 0 Å². The molecule has 0 spiro atoms. The highest BCUT2D eigenvalue weighted by atomic mass is 35.5. The van der Waals surface area contributed by atoms with Gasteiger partial charge in [0.2, 0.25) is 11.8 Å². The van der Waals surface area contributed by atoms with E-state index in [0.717, 1.165) is 6.42 Å². The number of thioether (sulfide) groups is 1. The van der Waals surface area contributed by atoms with Crippen molar-refractivity contribution < 1.29 is 9.59 Å². The maximum absolute atomic E-state index is 12.4. The molecule has 0 unspecified atom stereocenters. The summed E-state index contributed by atoms with van der Waals surface area (Å²) in [6.07, 6.45) is 1.31. The Hall–Kier alpha value is -0.910. The molecule has 21 heavy (non-hydrogen) atoms. The van der Waals surface area contributed by atoms with E-state index in [4.69, 9.17) is 23.2 Å². The first-order valence-corrected chi connectivity index (χ1v) is 8.37. The summed E-state index contributed by atoms with van der Waals surface area (Å²) in [4.78, 5) is 26.0. The van der Waals surface area contributed by atoms with Crippen molar-refractivity contribution >= 4 is 52.5 Å². The largest absolute Gasteiger partial charge is 0.324 e. The van der Waals surface area contributed by atoms with Gasteiger partial charge >= 0.3 is 0 Å². The zero-order valence-electron chi connectivity index (χ0n) is 11.4. The monoisotopic (exact) mass is 344 g/mol. The smallest absolute Gasteiger partial charge is 0.248 e. The summed E-state index contributed by atoms with van der Waals surface area (Å²) >= 11 is 13.5. The van der Waals surface area contributed by atoms with Crippen LogP contribution in [-0.2, 0) is 9.59 Å². The molecular weight excluding hydrogens is 331 g/mol. The summed E-state index contributed by atoms with van der Waals surface area (Å²) in [5.74, 6) is 0.492. The molecule has 2 aliphatic heterocycles. The number of nitrogens with zero attached hydrogens (tertiary/aromatic N) is 1. The summed E-state index contributed by atoms with van der Waals surface area (Å²) in [6, 6.07) is 4.51. The van der Waals surface area contributed by atoms with E-state index < -0.39 is 6.04 Å². The molecule has 112 valence electrons. The van der Waals surface area contributed by atoms with Crippen LogP contribution in [0.15, 0.2) is 18.2 Å². The Labute approximate surface area is 137 Å². The molecule has 0 aliphatic carbocycles. The normalized spacial score (nSPS) is 27.9. The molecular formula is C14H14Cl2N2O2S. The van der Waals surface area contributed by atoms with E-state index in [1.165, 1.54) is 0 Å². The second-order valence-electron chi connectivity index (χ2n) is 5.38. The first-order valence-electron chi connectivity index (χ1n) is 6.63. The van der Waals surface area contributed by atoms with Gasteiger partial charge in [-0.2, -0.15) is 0 Å². The molecule has 2 fully saturated rings. The summed E-state index contributed by atoms with van der Waals surface area (Å²) < 4.78 is 0. The van der Waals surface area contributed by atoms with Crippen molar-refractivity contribution in [2.24, 2.45) is 0 Å². The van der Waals surface area contributed by atoms with Gasteiger partial charge in [-0.3, -0.25) is 9.59 Å². The van der Waals surface area contributed by atoms with E-state index in [9.17, 15) is 9.59 Å². The topological polar surface area (TPSA) is 49.4 Å². The third kappa shape index (κ3) is 2.62. The number of carbonyl (C=O) groups excluding carboxylic acids is 2. The maximum atomic E-state index is 12.4. The number of hydrogen-bond donors (Lipinski definition) is 1. The van der Waals surface area contributed by atoms with Gasteiger partial charge in [0.25, 0.3) is 0 Å². The zero-order valence-corrected chi connectivity index (χ0v) is 13.7. The zero-order chi connectivity index (χ0) is 15.2. The van der Waals surface area contributed by atoms with Crippen molar-refractivity contribution in [1.29, 1.82) is 0 Å². The van der Waals surface area contributed by atoms with E-state index in [2.05, 4.69) is 5.32 Å². The van der Waals surface area contributed by atoms with Crippen LogP contribution in [0.25, 0.3) is 0 Å². The first kappa shape index (κ1) is 15.0. The van der Waals surface area contributed by atoms with Crippen LogP contribution in [0.4, 0.5) is 5.69 Å². The number of rotatable bonds is 2. The quantitative estimate of drug-likeness (QED) is 0.894. The lowest BCUT2D eigenvalue weighted by molar-refractivity contribution is -0.135.